The predicted octanol–water partition coefficient (Wildman–Crippen LogP) is 4.58. The van der Waals surface area contributed by atoms with Crippen LogP contribution in [0.3, 0.4) is 0 Å². The second kappa shape index (κ2) is 4.61. The molecule has 0 heterocycles. The van der Waals surface area contributed by atoms with E-state index in [1.807, 2.05) is 13.0 Å². The summed E-state index contributed by atoms with van der Waals surface area (Å²) >= 11 is 0. The van der Waals surface area contributed by atoms with Gasteiger partial charge >= 0.3 is 0 Å². The molecule has 0 spiro atoms. The Kier molecular flexibility index (Phi) is 3.67. The summed E-state index contributed by atoms with van der Waals surface area (Å²) in [5, 5.41) is 0. The van der Waals surface area contributed by atoms with Crippen LogP contribution in [0, 0.1) is 18.7 Å². The minimum atomic E-state index is -0.161. The van der Waals surface area contributed by atoms with Crippen LogP contribution >= 0.6 is 0 Å². The summed E-state index contributed by atoms with van der Waals surface area (Å²) < 4.78 is 13.1. The zero-order valence-corrected chi connectivity index (χ0v) is 10.2. The molecular formula is C14H19F. The van der Waals surface area contributed by atoms with Gasteiger partial charge in [0, 0.05) is 0 Å². The van der Waals surface area contributed by atoms with Crippen LogP contribution in [0.5, 0.6) is 0 Å². The Balaban J connectivity index is 3.27. The molecule has 0 nitrogen and oxygen atoms in total. The third kappa shape index (κ3) is 2.68. The highest BCUT2D eigenvalue weighted by Crippen LogP contribution is 2.26. The fourth-order valence-corrected chi connectivity index (χ4v) is 1.64. The van der Waals surface area contributed by atoms with Gasteiger partial charge < -0.3 is 0 Å². The van der Waals surface area contributed by atoms with Crippen LogP contribution in [0.15, 0.2) is 23.8 Å². The fraction of sp³-hybridized carbons (Fsp3) is 0.429. The average Bonchev–Trinajstić information content (AvgIpc) is 2.19. The molecule has 0 amide bonds. The fourth-order valence-electron chi connectivity index (χ4n) is 1.64. The number of hydrogen-bond acceptors (Lipinski definition) is 0. The zero-order valence-electron chi connectivity index (χ0n) is 10.2. The van der Waals surface area contributed by atoms with Crippen LogP contribution in [0.25, 0.3) is 5.57 Å². The maximum Gasteiger partial charge on any atom is 0.123 e. The van der Waals surface area contributed by atoms with E-state index >= 15 is 0 Å². The monoisotopic (exact) mass is 206 g/mol. The maximum absolute atomic E-state index is 13.1. The second-order valence-corrected chi connectivity index (χ2v) is 4.42. The van der Waals surface area contributed by atoms with Crippen molar-refractivity contribution in [3.8, 4) is 0 Å². The van der Waals surface area contributed by atoms with Gasteiger partial charge in [0.2, 0.25) is 0 Å². The van der Waals surface area contributed by atoms with E-state index in [0.29, 0.717) is 5.92 Å². The molecular weight excluding hydrogens is 187 g/mol. The van der Waals surface area contributed by atoms with Crippen LogP contribution in [0.2, 0.25) is 0 Å². The average molecular weight is 206 g/mol. The normalized spacial score (nSPS) is 13.0. The molecule has 1 heteroatoms. The van der Waals surface area contributed by atoms with Crippen molar-refractivity contribution >= 4 is 5.57 Å². The second-order valence-electron chi connectivity index (χ2n) is 4.42. The maximum atomic E-state index is 13.1. The summed E-state index contributed by atoms with van der Waals surface area (Å²) in [7, 11) is 0. The minimum absolute atomic E-state index is 0.161. The molecule has 82 valence electrons. The van der Waals surface area contributed by atoms with E-state index in [4.69, 9.17) is 0 Å². The van der Waals surface area contributed by atoms with E-state index in [0.717, 1.165) is 11.1 Å². The van der Waals surface area contributed by atoms with Crippen molar-refractivity contribution in [1.29, 1.82) is 0 Å². The highest BCUT2D eigenvalue weighted by atomic mass is 19.1. The Bertz CT molecular complexity index is 386. The number of allylic oxidation sites excluding steroid dienone is 2. The van der Waals surface area contributed by atoms with Crippen molar-refractivity contribution < 1.29 is 4.39 Å². The molecule has 0 fully saturated rings. The van der Waals surface area contributed by atoms with Crippen LogP contribution in [0.4, 0.5) is 4.39 Å². The summed E-state index contributed by atoms with van der Waals surface area (Å²) in [5.74, 6) is 0.346. The number of rotatable bonds is 2. The lowest BCUT2D eigenvalue weighted by Gasteiger charge is -2.13. The van der Waals surface area contributed by atoms with Crippen LogP contribution < -0.4 is 0 Å². The van der Waals surface area contributed by atoms with Crippen LogP contribution in [-0.2, 0) is 0 Å². The molecule has 15 heavy (non-hydrogen) atoms. The van der Waals surface area contributed by atoms with Gasteiger partial charge in [-0.25, -0.2) is 4.39 Å². The lowest BCUT2D eigenvalue weighted by molar-refractivity contribution is 0.626. The van der Waals surface area contributed by atoms with Gasteiger partial charge in [0.15, 0.2) is 0 Å². The molecule has 0 saturated heterocycles. The summed E-state index contributed by atoms with van der Waals surface area (Å²) in [6, 6.07) is 4.97. The standard InChI is InChI=1S/C14H19F/c1-9(2)11(4)12(5)14-8-13(15)7-6-10(14)3/h6-9H,1-5H3/b12-11+. The van der Waals surface area contributed by atoms with Crippen molar-refractivity contribution in [2.24, 2.45) is 5.92 Å². The summed E-state index contributed by atoms with van der Waals surface area (Å²) in [6.45, 7) is 10.5. The smallest absolute Gasteiger partial charge is 0.123 e. The molecule has 0 saturated carbocycles. The number of benzene rings is 1. The zero-order chi connectivity index (χ0) is 11.6. The van der Waals surface area contributed by atoms with Gasteiger partial charge in [-0.3, -0.25) is 0 Å². The molecule has 0 aliphatic heterocycles. The number of aryl methyl sites for hydroxylation is 1. The van der Waals surface area contributed by atoms with E-state index in [1.165, 1.54) is 17.2 Å². The van der Waals surface area contributed by atoms with Crippen molar-refractivity contribution in [3.05, 3.63) is 40.7 Å². The van der Waals surface area contributed by atoms with Gasteiger partial charge in [0.25, 0.3) is 0 Å². The minimum Gasteiger partial charge on any atom is -0.207 e. The van der Waals surface area contributed by atoms with Crippen molar-refractivity contribution in [2.75, 3.05) is 0 Å². The van der Waals surface area contributed by atoms with Crippen molar-refractivity contribution in [2.45, 2.75) is 34.6 Å². The molecule has 0 aromatic heterocycles. The van der Waals surface area contributed by atoms with Gasteiger partial charge in [0.05, 0.1) is 0 Å². The van der Waals surface area contributed by atoms with Crippen molar-refractivity contribution in [1.82, 2.24) is 0 Å². The molecule has 0 aliphatic carbocycles. The highest BCUT2D eigenvalue weighted by Gasteiger charge is 2.07. The van der Waals surface area contributed by atoms with Gasteiger partial charge in [-0.1, -0.05) is 25.5 Å². The van der Waals surface area contributed by atoms with E-state index in [1.54, 1.807) is 6.07 Å². The lowest BCUT2D eigenvalue weighted by Crippen LogP contribution is -1.96. The molecule has 0 bridgehead atoms. The van der Waals surface area contributed by atoms with Crippen molar-refractivity contribution in [3.63, 3.8) is 0 Å². The Morgan fingerprint density at radius 1 is 1.20 bits per heavy atom. The van der Waals surface area contributed by atoms with E-state index in [-0.39, 0.29) is 5.82 Å². The van der Waals surface area contributed by atoms with Gasteiger partial charge in [-0.2, -0.15) is 0 Å². The number of halogens is 1. The molecule has 0 aliphatic rings. The highest BCUT2D eigenvalue weighted by molar-refractivity contribution is 5.69. The third-order valence-electron chi connectivity index (χ3n) is 3.06. The molecule has 0 radical (unpaired) electrons. The molecule has 1 aromatic rings. The number of hydrogen-bond donors (Lipinski definition) is 0. The summed E-state index contributed by atoms with van der Waals surface area (Å²) in [5.41, 5.74) is 4.68. The molecule has 1 aromatic carbocycles. The first kappa shape index (κ1) is 12.0. The molecule has 0 N–H and O–H groups in total. The molecule has 1 rings (SSSR count). The Hall–Kier alpha value is -1.11. The summed E-state index contributed by atoms with van der Waals surface area (Å²) in [4.78, 5) is 0. The first-order chi connectivity index (χ1) is 6.93. The Morgan fingerprint density at radius 2 is 1.80 bits per heavy atom. The largest absolute Gasteiger partial charge is 0.207 e. The first-order valence-corrected chi connectivity index (χ1v) is 5.37. The van der Waals surface area contributed by atoms with Crippen LogP contribution in [0.1, 0.15) is 38.8 Å². The third-order valence-corrected chi connectivity index (χ3v) is 3.06. The molecule has 0 unspecified atom stereocenters. The topological polar surface area (TPSA) is 0 Å². The van der Waals surface area contributed by atoms with Gasteiger partial charge in [-0.15, -0.1) is 0 Å². The molecule has 0 atom stereocenters. The Labute approximate surface area is 91.8 Å². The lowest BCUT2D eigenvalue weighted by atomic mass is 9.92. The first-order valence-electron chi connectivity index (χ1n) is 5.37. The quantitative estimate of drug-likeness (QED) is 0.664. The van der Waals surface area contributed by atoms with E-state index in [2.05, 4.69) is 27.7 Å². The summed E-state index contributed by atoms with van der Waals surface area (Å²) in [6.07, 6.45) is 0. The van der Waals surface area contributed by atoms with Gasteiger partial charge in [-0.05, 0) is 55.5 Å². The SMILES string of the molecule is C/C(=C(/C)C(C)C)c1cc(F)ccc1C. The van der Waals surface area contributed by atoms with E-state index < -0.39 is 0 Å². The van der Waals surface area contributed by atoms with Gasteiger partial charge in [0.1, 0.15) is 5.82 Å². The predicted molar refractivity (Wildman–Crippen MR) is 64.2 cm³/mol. The van der Waals surface area contributed by atoms with Crippen LogP contribution in [-0.4, -0.2) is 0 Å². The Morgan fingerprint density at radius 3 is 2.33 bits per heavy atom. The van der Waals surface area contributed by atoms with E-state index in [9.17, 15) is 4.39 Å².